The molecule has 2 nitrogen and oxygen atoms in total. The molecule has 88 valence electrons. The molecule has 0 amide bonds. The molecule has 0 saturated carbocycles. The van der Waals surface area contributed by atoms with Gasteiger partial charge in [-0.2, -0.15) is 0 Å². The Morgan fingerprint density at radius 2 is 2.12 bits per heavy atom. The maximum absolute atomic E-state index is 6.21. The van der Waals surface area contributed by atoms with Crippen molar-refractivity contribution in [3.63, 3.8) is 0 Å². The van der Waals surface area contributed by atoms with Crippen LogP contribution in [0.5, 0.6) is 0 Å². The average Bonchev–Trinajstić information content (AvgIpc) is 2.68. The van der Waals surface area contributed by atoms with Crippen LogP contribution in [0.2, 0.25) is 0 Å². The second-order valence-electron chi connectivity index (χ2n) is 4.60. The molecule has 0 bridgehead atoms. The predicted molar refractivity (Wildman–Crippen MR) is 74.4 cm³/mol. The molecular weight excluding hydrogens is 313 g/mol. The highest BCUT2D eigenvalue weighted by Crippen LogP contribution is 2.23. The van der Waals surface area contributed by atoms with Gasteiger partial charge in [-0.25, -0.2) is 0 Å². The molecule has 2 rings (SSSR count). The third-order valence-corrected chi connectivity index (χ3v) is 3.97. The number of benzene rings is 1. The standard InChI is InChI=1S/C13H18INO/c1-9-6-7-16-13(9)12(15)8-10-2-4-11(14)5-3-10/h2-5,9,12-13H,6-8,15H2,1H3. The van der Waals surface area contributed by atoms with Crippen molar-refractivity contribution in [1.29, 1.82) is 0 Å². The van der Waals surface area contributed by atoms with Crippen molar-refractivity contribution in [1.82, 2.24) is 0 Å². The maximum atomic E-state index is 6.21. The van der Waals surface area contributed by atoms with Crippen LogP contribution in [0.15, 0.2) is 24.3 Å². The van der Waals surface area contributed by atoms with E-state index in [-0.39, 0.29) is 12.1 Å². The van der Waals surface area contributed by atoms with Crippen molar-refractivity contribution in [2.24, 2.45) is 11.7 Å². The third-order valence-electron chi connectivity index (χ3n) is 3.25. The molecule has 1 fully saturated rings. The minimum atomic E-state index is 0.123. The fourth-order valence-corrected chi connectivity index (χ4v) is 2.63. The molecule has 3 heteroatoms. The maximum Gasteiger partial charge on any atom is 0.0755 e. The summed E-state index contributed by atoms with van der Waals surface area (Å²) in [5.74, 6) is 0.596. The Bertz CT molecular complexity index is 338. The predicted octanol–water partition coefficient (Wildman–Crippen LogP) is 2.59. The van der Waals surface area contributed by atoms with E-state index in [1.54, 1.807) is 0 Å². The summed E-state index contributed by atoms with van der Waals surface area (Å²) in [6, 6.07) is 8.68. The number of nitrogens with two attached hydrogens (primary N) is 1. The van der Waals surface area contributed by atoms with Crippen molar-refractivity contribution < 1.29 is 4.74 Å². The van der Waals surface area contributed by atoms with Crippen LogP contribution >= 0.6 is 22.6 Å². The number of halogens is 1. The summed E-state index contributed by atoms with van der Waals surface area (Å²) in [4.78, 5) is 0. The zero-order valence-electron chi connectivity index (χ0n) is 9.53. The van der Waals surface area contributed by atoms with Crippen LogP contribution in [0.1, 0.15) is 18.9 Å². The summed E-state index contributed by atoms with van der Waals surface area (Å²) in [6.07, 6.45) is 2.29. The van der Waals surface area contributed by atoms with Gasteiger partial charge < -0.3 is 10.5 Å². The molecule has 2 N–H and O–H groups in total. The number of ether oxygens (including phenoxy) is 1. The highest BCUT2D eigenvalue weighted by atomic mass is 127. The number of rotatable bonds is 3. The molecule has 1 aromatic rings. The first kappa shape index (κ1) is 12.3. The van der Waals surface area contributed by atoms with E-state index in [1.165, 1.54) is 9.13 Å². The molecule has 3 unspecified atom stereocenters. The second-order valence-corrected chi connectivity index (χ2v) is 5.84. The summed E-state index contributed by atoms with van der Waals surface area (Å²) < 4.78 is 6.96. The van der Waals surface area contributed by atoms with Gasteiger partial charge in [-0.15, -0.1) is 0 Å². The molecule has 16 heavy (non-hydrogen) atoms. The number of hydrogen-bond donors (Lipinski definition) is 1. The van der Waals surface area contributed by atoms with E-state index in [0.29, 0.717) is 5.92 Å². The van der Waals surface area contributed by atoms with Gasteiger partial charge >= 0.3 is 0 Å². The zero-order valence-corrected chi connectivity index (χ0v) is 11.7. The van der Waals surface area contributed by atoms with E-state index in [2.05, 4.69) is 53.8 Å². The largest absolute Gasteiger partial charge is 0.376 e. The van der Waals surface area contributed by atoms with Crippen LogP contribution < -0.4 is 5.73 Å². The van der Waals surface area contributed by atoms with Crippen molar-refractivity contribution >= 4 is 22.6 Å². The van der Waals surface area contributed by atoms with Gasteiger partial charge in [0.05, 0.1) is 6.10 Å². The smallest absolute Gasteiger partial charge is 0.0755 e. The van der Waals surface area contributed by atoms with E-state index in [4.69, 9.17) is 10.5 Å². The Morgan fingerprint density at radius 1 is 1.44 bits per heavy atom. The zero-order chi connectivity index (χ0) is 11.5. The van der Waals surface area contributed by atoms with Gasteiger partial charge in [0.2, 0.25) is 0 Å². The van der Waals surface area contributed by atoms with Gasteiger partial charge in [0.1, 0.15) is 0 Å². The average molecular weight is 331 g/mol. The van der Waals surface area contributed by atoms with Crippen LogP contribution in [0, 0.1) is 9.49 Å². The van der Waals surface area contributed by atoms with Gasteiger partial charge in [-0.1, -0.05) is 19.1 Å². The summed E-state index contributed by atoms with van der Waals surface area (Å²) >= 11 is 2.32. The molecule has 1 aliphatic heterocycles. The van der Waals surface area contributed by atoms with Crippen LogP contribution in [0.25, 0.3) is 0 Å². The van der Waals surface area contributed by atoms with Gasteiger partial charge in [0, 0.05) is 16.2 Å². The van der Waals surface area contributed by atoms with Crippen molar-refractivity contribution in [2.45, 2.75) is 31.9 Å². The first-order valence-electron chi connectivity index (χ1n) is 5.78. The fourth-order valence-electron chi connectivity index (χ4n) is 2.27. The van der Waals surface area contributed by atoms with Crippen molar-refractivity contribution in [3.8, 4) is 0 Å². The van der Waals surface area contributed by atoms with E-state index in [0.717, 1.165) is 19.4 Å². The van der Waals surface area contributed by atoms with Crippen LogP contribution in [0.3, 0.4) is 0 Å². The first-order chi connectivity index (χ1) is 7.66. The molecule has 3 atom stereocenters. The molecule has 1 saturated heterocycles. The van der Waals surface area contributed by atoms with Crippen LogP contribution in [0.4, 0.5) is 0 Å². The monoisotopic (exact) mass is 331 g/mol. The molecule has 1 heterocycles. The van der Waals surface area contributed by atoms with Gasteiger partial charge in [-0.3, -0.25) is 0 Å². The van der Waals surface area contributed by atoms with E-state index in [1.807, 2.05) is 0 Å². The highest BCUT2D eigenvalue weighted by molar-refractivity contribution is 14.1. The fraction of sp³-hybridized carbons (Fsp3) is 0.538. The molecule has 1 aromatic carbocycles. The molecule has 0 radical (unpaired) electrons. The van der Waals surface area contributed by atoms with Crippen molar-refractivity contribution in [3.05, 3.63) is 33.4 Å². The third kappa shape index (κ3) is 2.96. The number of hydrogen-bond acceptors (Lipinski definition) is 2. The summed E-state index contributed by atoms with van der Waals surface area (Å²) in [5, 5.41) is 0. The quantitative estimate of drug-likeness (QED) is 0.864. The lowest BCUT2D eigenvalue weighted by atomic mass is 9.94. The second kappa shape index (κ2) is 5.47. The van der Waals surface area contributed by atoms with Gasteiger partial charge in [-0.05, 0) is 59.0 Å². The topological polar surface area (TPSA) is 35.2 Å². The molecule has 0 spiro atoms. The van der Waals surface area contributed by atoms with Crippen LogP contribution in [-0.2, 0) is 11.2 Å². The summed E-state index contributed by atoms with van der Waals surface area (Å²) in [5.41, 5.74) is 7.51. The molecular formula is C13H18INO. The minimum absolute atomic E-state index is 0.123. The lowest BCUT2D eigenvalue weighted by Gasteiger charge is -2.22. The minimum Gasteiger partial charge on any atom is -0.376 e. The summed E-state index contributed by atoms with van der Waals surface area (Å²) in [7, 11) is 0. The molecule has 0 aliphatic carbocycles. The normalized spacial score (nSPS) is 26.9. The van der Waals surface area contributed by atoms with Gasteiger partial charge in [0.25, 0.3) is 0 Å². The first-order valence-corrected chi connectivity index (χ1v) is 6.86. The lowest BCUT2D eigenvalue weighted by molar-refractivity contribution is 0.0726. The molecule has 1 aliphatic rings. The Labute approximate surface area is 111 Å². The van der Waals surface area contributed by atoms with E-state index < -0.39 is 0 Å². The van der Waals surface area contributed by atoms with Crippen LogP contribution in [-0.4, -0.2) is 18.8 Å². The Kier molecular flexibility index (Phi) is 4.21. The Balaban J connectivity index is 1.96. The SMILES string of the molecule is CC1CCOC1C(N)Cc1ccc(I)cc1. The Hall–Kier alpha value is -0.130. The van der Waals surface area contributed by atoms with Crippen molar-refractivity contribution in [2.75, 3.05) is 6.61 Å². The Morgan fingerprint density at radius 3 is 2.69 bits per heavy atom. The van der Waals surface area contributed by atoms with E-state index >= 15 is 0 Å². The highest BCUT2D eigenvalue weighted by Gasteiger charge is 2.29. The van der Waals surface area contributed by atoms with Gasteiger partial charge in [0.15, 0.2) is 0 Å². The summed E-state index contributed by atoms with van der Waals surface area (Å²) in [6.45, 7) is 3.09. The van der Waals surface area contributed by atoms with E-state index in [9.17, 15) is 0 Å². The molecule has 0 aromatic heterocycles. The lowest BCUT2D eigenvalue weighted by Crippen LogP contribution is -2.39.